The highest BCUT2D eigenvalue weighted by molar-refractivity contribution is 6.02. The number of ether oxygens (including phenoxy) is 1. The van der Waals surface area contributed by atoms with E-state index < -0.39 is 11.9 Å². The topological polar surface area (TPSA) is 77.4 Å². The lowest BCUT2D eigenvalue weighted by Gasteiger charge is -2.12. The summed E-state index contributed by atoms with van der Waals surface area (Å²) in [5.74, 6) is -0.853. The van der Waals surface area contributed by atoms with E-state index in [-0.39, 0.29) is 18.1 Å². The fourth-order valence-corrected chi connectivity index (χ4v) is 3.15. The molecule has 6 heteroatoms. The van der Waals surface area contributed by atoms with Crippen LogP contribution in [0.15, 0.2) is 42.1 Å². The number of hydrogen-bond donors (Lipinski definition) is 1. The normalized spacial score (nSPS) is 11.5. The maximum absolute atomic E-state index is 12.7. The van der Waals surface area contributed by atoms with Gasteiger partial charge in [-0.3, -0.25) is 9.59 Å². The Morgan fingerprint density at radius 2 is 1.80 bits per heavy atom. The molecule has 0 aliphatic heterocycles. The molecular formula is C24H30N2O4. The fourth-order valence-electron chi connectivity index (χ4n) is 3.15. The van der Waals surface area contributed by atoms with Crippen molar-refractivity contribution < 1.29 is 19.1 Å². The van der Waals surface area contributed by atoms with Crippen LogP contribution in [0.1, 0.15) is 54.5 Å². The first kappa shape index (κ1) is 23.1. The van der Waals surface area contributed by atoms with Crippen LogP contribution in [-0.4, -0.2) is 28.8 Å². The van der Waals surface area contributed by atoms with Gasteiger partial charge in [-0.15, -0.1) is 0 Å². The molecule has 1 heterocycles. The average Bonchev–Trinajstić information content (AvgIpc) is 2.97. The Kier molecular flexibility index (Phi) is 8.16. The predicted octanol–water partition coefficient (Wildman–Crippen LogP) is 4.05. The summed E-state index contributed by atoms with van der Waals surface area (Å²) >= 11 is 0. The molecule has 0 saturated carbocycles. The Balaban J connectivity index is 2.10. The van der Waals surface area contributed by atoms with E-state index >= 15 is 0 Å². The molecule has 0 fully saturated rings. The molecular weight excluding hydrogens is 380 g/mol. The first-order chi connectivity index (χ1) is 14.2. The number of ketones is 1. The zero-order valence-corrected chi connectivity index (χ0v) is 18.3. The lowest BCUT2D eigenvalue weighted by Crippen LogP contribution is -2.27. The number of amides is 1. The van der Waals surface area contributed by atoms with Crippen LogP contribution >= 0.6 is 0 Å². The molecule has 30 heavy (non-hydrogen) atoms. The number of rotatable bonds is 9. The van der Waals surface area contributed by atoms with Crippen LogP contribution in [-0.2, 0) is 20.9 Å². The van der Waals surface area contributed by atoms with Gasteiger partial charge in [0.05, 0.1) is 0 Å². The second kappa shape index (κ2) is 10.6. The summed E-state index contributed by atoms with van der Waals surface area (Å²) in [6.45, 7) is 9.95. The summed E-state index contributed by atoms with van der Waals surface area (Å²) in [5.41, 5.74) is 3.15. The third-order valence-corrected chi connectivity index (χ3v) is 4.78. The van der Waals surface area contributed by atoms with E-state index in [2.05, 4.69) is 23.7 Å². The molecule has 6 nitrogen and oxygen atoms in total. The number of Topliss-reactive ketones (excluding diaryl/α,β-unsaturated/α-hetero) is 1. The fraction of sp³-hybridized carbons (Fsp3) is 0.375. The highest BCUT2D eigenvalue weighted by atomic mass is 16.5. The molecule has 160 valence electrons. The van der Waals surface area contributed by atoms with Gasteiger partial charge in [-0.2, -0.15) is 0 Å². The van der Waals surface area contributed by atoms with E-state index in [0.29, 0.717) is 11.5 Å². The molecule has 0 bridgehead atoms. The molecule has 1 aromatic heterocycles. The Morgan fingerprint density at radius 3 is 2.40 bits per heavy atom. The minimum absolute atomic E-state index is 0.0103. The molecule has 2 aromatic rings. The smallest absolute Gasteiger partial charge is 0.355 e. The molecule has 0 atom stereocenters. The lowest BCUT2D eigenvalue weighted by molar-refractivity contribution is -0.139. The zero-order chi connectivity index (χ0) is 22.3. The van der Waals surface area contributed by atoms with Gasteiger partial charge in [-0.25, -0.2) is 4.79 Å². The molecule has 0 unspecified atom stereocenters. The summed E-state index contributed by atoms with van der Waals surface area (Å²) in [7, 11) is 0. The summed E-state index contributed by atoms with van der Waals surface area (Å²) < 4.78 is 7.33. The molecule has 0 aliphatic rings. The number of benzene rings is 1. The Hall–Kier alpha value is -3.15. The minimum Gasteiger partial charge on any atom is -0.453 e. The SMILES string of the molecule is CC(=O)N/C(=C\c1ccccc1)C(=O)OCC(=O)c1cc(C)n(CCC(C)C)c1C. The summed E-state index contributed by atoms with van der Waals surface area (Å²) in [6, 6.07) is 10.9. The third kappa shape index (κ3) is 6.44. The highest BCUT2D eigenvalue weighted by Crippen LogP contribution is 2.18. The number of nitrogens with one attached hydrogen (secondary N) is 1. The van der Waals surface area contributed by atoms with Crippen LogP contribution in [0.5, 0.6) is 0 Å². The molecule has 0 spiro atoms. The second-order valence-corrected chi connectivity index (χ2v) is 7.77. The maximum atomic E-state index is 12.7. The standard InChI is InChI=1S/C24H30N2O4/c1-16(2)11-12-26-17(3)13-21(18(26)4)23(28)15-30-24(29)22(25-19(5)27)14-20-9-7-6-8-10-20/h6-10,13-14,16H,11-12,15H2,1-5H3,(H,25,27)/b22-14-. The number of carbonyl (C=O) groups is 3. The van der Waals surface area contributed by atoms with Crippen LogP contribution in [0.4, 0.5) is 0 Å². The Labute approximate surface area is 177 Å². The van der Waals surface area contributed by atoms with Crippen molar-refractivity contribution in [3.63, 3.8) is 0 Å². The number of esters is 1. The number of carbonyl (C=O) groups excluding carboxylic acids is 3. The van der Waals surface area contributed by atoms with E-state index in [9.17, 15) is 14.4 Å². The van der Waals surface area contributed by atoms with Crippen LogP contribution in [0.25, 0.3) is 6.08 Å². The molecule has 1 aromatic carbocycles. The van der Waals surface area contributed by atoms with Crippen molar-refractivity contribution in [2.24, 2.45) is 5.92 Å². The molecule has 1 amide bonds. The van der Waals surface area contributed by atoms with Gasteiger partial charge < -0.3 is 14.6 Å². The molecule has 0 radical (unpaired) electrons. The maximum Gasteiger partial charge on any atom is 0.355 e. The van der Waals surface area contributed by atoms with E-state index in [1.165, 1.54) is 13.0 Å². The number of aromatic nitrogens is 1. The molecule has 0 aliphatic carbocycles. The van der Waals surface area contributed by atoms with Crippen LogP contribution < -0.4 is 5.32 Å². The minimum atomic E-state index is -0.754. The lowest BCUT2D eigenvalue weighted by atomic mass is 10.1. The predicted molar refractivity (Wildman–Crippen MR) is 117 cm³/mol. The molecule has 0 saturated heterocycles. The van der Waals surface area contributed by atoms with Crippen molar-refractivity contribution in [3.05, 3.63) is 64.6 Å². The van der Waals surface area contributed by atoms with Gasteiger partial charge in [0.15, 0.2) is 6.61 Å². The Bertz CT molecular complexity index is 940. The summed E-state index contributed by atoms with van der Waals surface area (Å²) in [4.78, 5) is 36.6. The second-order valence-electron chi connectivity index (χ2n) is 7.77. The number of nitrogens with zero attached hydrogens (tertiary/aromatic N) is 1. The van der Waals surface area contributed by atoms with Crippen molar-refractivity contribution in [3.8, 4) is 0 Å². The van der Waals surface area contributed by atoms with Crippen molar-refractivity contribution in [2.75, 3.05) is 6.61 Å². The first-order valence-electron chi connectivity index (χ1n) is 10.1. The average molecular weight is 411 g/mol. The van der Waals surface area contributed by atoms with Crippen LogP contribution in [0, 0.1) is 19.8 Å². The largest absolute Gasteiger partial charge is 0.453 e. The van der Waals surface area contributed by atoms with Gasteiger partial charge >= 0.3 is 5.97 Å². The summed E-state index contributed by atoms with van der Waals surface area (Å²) in [5, 5.41) is 2.48. The third-order valence-electron chi connectivity index (χ3n) is 4.78. The zero-order valence-electron chi connectivity index (χ0n) is 18.3. The van der Waals surface area contributed by atoms with Gasteiger partial charge in [0, 0.05) is 30.4 Å². The summed E-state index contributed by atoms with van der Waals surface area (Å²) in [6.07, 6.45) is 2.54. The van der Waals surface area contributed by atoms with E-state index in [1.807, 2.05) is 38.1 Å². The van der Waals surface area contributed by atoms with Gasteiger partial charge in [-0.1, -0.05) is 44.2 Å². The van der Waals surface area contributed by atoms with E-state index in [1.54, 1.807) is 12.1 Å². The number of aryl methyl sites for hydroxylation is 1. The van der Waals surface area contributed by atoms with Crippen LogP contribution in [0.3, 0.4) is 0 Å². The van der Waals surface area contributed by atoms with E-state index in [0.717, 1.165) is 29.9 Å². The van der Waals surface area contributed by atoms with Crippen LogP contribution in [0.2, 0.25) is 0 Å². The van der Waals surface area contributed by atoms with Gasteiger partial charge in [0.25, 0.3) is 0 Å². The Morgan fingerprint density at radius 1 is 1.13 bits per heavy atom. The van der Waals surface area contributed by atoms with Gasteiger partial charge in [0.2, 0.25) is 11.7 Å². The van der Waals surface area contributed by atoms with Gasteiger partial charge in [-0.05, 0) is 43.9 Å². The number of hydrogen-bond acceptors (Lipinski definition) is 4. The molecule has 1 N–H and O–H groups in total. The van der Waals surface area contributed by atoms with Crippen molar-refractivity contribution in [1.82, 2.24) is 9.88 Å². The van der Waals surface area contributed by atoms with Crippen molar-refractivity contribution in [2.45, 2.75) is 47.6 Å². The highest BCUT2D eigenvalue weighted by Gasteiger charge is 2.19. The molecule has 2 rings (SSSR count). The quantitative estimate of drug-likeness (QED) is 0.384. The van der Waals surface area contributed by atoms with E-state index in [4.69, 9.17) is 4.74 Å². The van der Waals surface area contributed by atoms with Crippen molar-refractivity contribution in [1.29, 1.82) is 0 Å². The van der Waals surface area contributed by atoms with Crippen molar-refractivity contribution >= 4 is 23.7 Å². The monoisotopic (exact) mass is 410 g/mol. The first-order valence-corrected chi connectivity index (χ1v) is 10.1. The van der Waals surface area contributed by atoms with Gasteiger partial charge in [0.1, 0.15) is 5.70 Å².